The van der Waals surface area contributed by atoms with Gasteiger partial charge in [-0.2, -0.15) is 5.10 Å². The summed E-state index contributed by atoms with van der Waals surface area (Å²) >= 11 is 12.6. The minimum Gasteiger partial charge on any atom is -0.369 e. The number of nitrogens with one attached hydrogen (secondary N) is 1. The number of hydrogen-bond donors (Lipinski definition) is 1. The van der Waals surface area contributed by atoms with Crippen molar-refractivity contribution in [2.24, 2.45) is 5.10 Å². The van der Waals surface area contributed by atoms with E-state index in [1.54, 1.807) is 18.3 Å². The number of para-hydroxylation sites is 1. The van der Waals surface area contributed by atoms with Gasteiger partial charge >= 0.3 is 0 Å². The molecule has 1 fully saturated rings. The van der Waals surface area contributed by atoms with Crippen LogP contribution in [0.4, 0.5) is 5.69 Å². The van der Waals surface area contributed by atoms with E-state index in [9.17, 15) is 4.79 Å². The van der Waals surface area contributed by atoms with Gasteiger partial charge in [-0.1, -0.05) is 53.5 Å². The lowest BCUT2D eigenvalue weighted by Gasteiger charge is -2.36. The Kier molecular flexibility index (Phi) is 8.36. The highest BCUT2D eigenvalue weighted by molar-refractivity contribution is 6.34. The first-order valence-electron chi connectivity index (χ1n) is 13.0. The minimum absolute atomic E-state index is 0.249. The van der Waals surface area contributed by atoms with Crippen LogP contribution in [0.3, 0.4) is 0 Å². The van der Waals surface area contributed by atoms with Crippen LogP contribution in [0.25, 0.3) is 5.69 Å². The van der Waals surface area contributed by atoms with E-state index in [1.807, 2.05) is 54.8 Å². The van der Waals surface area contributed by atoms with E-state index in [0.717, 1.165) is 55.4 Å². The van der Waals surface area contributed by atoms with Gasteiger partial charge in [-0.05, 0) is 67.9 Å². The summed E-state index contributed by atoms with van der Waals surface area (Å²) in [5, 5.41) is 5.42. The molecule has 1 amide bonds. The van der Waals surface area contributed by atoms with E-state index in [-0.39, 0.29) is 5.91 Å². The largest absolute Gasteiger partial charge is 0.369 e. The lowest BCUT2D eigenvalue weighted by Crippen LogP contribution is -2.45. The maximum Gasteiger partial charge on any atom is 0.271 e. The molecule has 3 aromatic carbocycles. The third kappa shape index (κ3) is 6.36. The predicted octanol–water partition coefficient (Wildman–Crippen LogP) is 6.49. The molecular weight excluding hydrogens is 529 g/mol. The molecule has 1 saturated heterocycles. The summed E-state index contributed by atoms with van der Waals surface area (Å²) in [6, 6.07) is 25.7. The first kappa shape index (κ1) is 27.0. The van der Waals surface area contributed by atoms with Gasteiger partial charge in [-0.25, -0.2) is 5.43 Å². The van der Waals surface area contributed by atoms with Gasteiger partial charge < -0.3 is 9.47 Å². The molecule has 1 aliphatic rings. The number of amides is 1. The molecule has 1 aliphatic heterocycles. The number of aromatic nitrogens is 1. The Morgan fingerprint density at radius 1 is 0.923 bits per heavy atom. The standard InChI is InChI=1S/C31H31Cl2N5O/c1-22-18-26(23(2)38(22)30-19-27(32)12-13-29(30)33)20-34-35-31(39)25-10-8-24(9-11-25)21-36-14-16-37(17-15-36)28-6-4-3-5-7-28/h3-13,18-20H,14-17,21H2,1-2H3,(H,35,39)/b34-20+. The maximum atomic E-state index is 12.7. The maximum absolute atomic E-state index is 12.7. The average molecular weight is 561 g/mol. The van der Waals surface area contributed by atoms with Gasteiger partial charge in [0.1, 0.15) is 0 Å². The second-order valence-corrected chi connectivity index (χ2v) is 10.6. The second-order valence-electron chi connectivity index (χ2n) is 9.75. The monoisotopic (exact) mass is 559 g/mol. The topological polar surface area (TPSA) is 52.9 Å². The Hall–Kier alpha value is -3.58. The molecule has 4 aromatic rings. The van der Waals surface area contributed by atoms with E-state index in [1.165, 1.54) is 11.3 Å². The molecule has 5 rings (SSSR count). The number of anilines is 1. The zero-order chi connectivity index (χ0) is 27.4. The Labute approximate surface area is 239 Å². The number of rotatable bonds is 7. The summed E-state index contributed by atoms with van der Waals surface area (Å²) in [5.74, 6) is -0.249. The molecule has 0 radical (unpaired) electrons. The molecule has 1 N–H and O–H groups in total. The van der Waals surface area contributed by atoms with Crippen LogP contribution in [0.5, 0.6) is 0 Å². The molecular formula is C31H31Cl2N5O. The molecule has 0 atom stereocenters. The third-order valence-corrected chi connectivity index (χ3v) is 7.66. The fraction of sp³-hybridized carbons (Fsp3) is 0.226. The first-order valence-corrected chi connectivity index (χ1v) is 13.7. The van der Waals surface area contributed by atoms with Gasteiger partial charge in [0.05, 0.1) is 16.9 Å². The summed E-state index contributed by atoms with van der Waals surface area (Å²) in [6.45, 7) is 8.88. The molecule has 0 unspecified atom stereocenters. The molecule has 200 valence electrons. The summed E-state index contributed by atoms with van der Waals surface area (Å²) in [7, 11) is 0. The summed E-state index contributed by atoms with van der Waals surface area (Å²) < 4.78 is 2.03. The van der Waals surface area contributed by atoms with E-state index in [2.05, 4.69) is 50.7 Å². The van der Waals surface area contributed by atoms with Gasteiger partial charge in [0, 0.05) is 65.9 Å². The lowest BCUT2D eigenvalue weighted by molar-refractivity contribution is 0.0955. The Morgan fingerprint density at radius 3 is 2.36 bits per heavy atom. The van der Waals surface area contributed by atoms with Crippen LogP contribution in [-0.2, 0) is 6.54 Å². The van der Waals surface area contributed by atoms with Gasteiger partial charge in [-0.15, -0.1) is 0 Å². The summed E-state index contributed by atoms with van der Waals surface area (Å²) in [4.78, 5) is 17.6. The number of piperazine rings is 1. The molecule has 1 aromatic heterocycles. The van der Waals surface area contributed by atoms with Crippen LogP contribution in [0, 0.1) is 13.8 Å². The number of aryl methyl sites for hydroxylation is 1. The fourth-order valence-corrected chi connectivity index (χ4v) is 5.36. The highest BCUT2D eigenvalue weighted by Gasteiger charge is 2.17. The highest BCUT2D eigenvalue weighted by Crippen LogP contribution is 2.28. The van der Waals surface area contributed by atoms with Gasteiger partial charge in [0.15, 0.2) is 0 Å². The van der Waals surface area contributed by atoms with Crippen LogP contribution in [-0.4, -0.2) is 47.8 Å². The normalized spacial score (nSPS) is 14.2. The summed E-state index contributed by atoms with van der Waals surface area (Å²) in [6.07, 6.45) is 1.65. The molecule has 6 nitrogen and oxygen atoms in total. The minimum atomic E-state index is -0.249. The number of nitrogens with zero attached hydrogens (tertiary/aromatic N) is 4. The molecule has 39 heavy (non-hydrogen) atoms. The molecule has 0 saturated carbocycles. The first-order chi connectivity index (χ1) is 18.9. The molecule has 0 spiro atoms. The van der Waals surface area contributed by atoms with Crippen LogP contribution in [0.1, 0.15) is 32.9 Å². The molecule has 2 heterocycles. The number of carbonyl (C=O) groups excluding carboxylic acids is 1. The molecule has 0 aliphatic carbocycles. The van der Waals surface area contributed by atoms with Crippen molar-refractivity contribution in [1.29, 1.82) is 0 Å². The van der Waals surface area contributed by atoms with Crippen molar-refractivity contribution >= 4 is 41.0 Å². The zero-order valence-corrected chi connectivity index (χ0v) is 23.6. The van der Waals surface area contributed by atoms with E-state index in [4.69, 9.17) is 23.2 Å². The SMILES string of the molecule is Cc1cc(/C=N/NC(=O)c2ccc(CN3CCN(c4ccccc4)CC3)cc2)c(C)n1-c1cc(Cl)ccc1Cl. The van der Waals surface area contributed by atoms with Gasteiger partial charge in [0.2, 0.25) is 0 Å². The van der Waals surface area contributed by atoms with Crippen molar-refractivity contribution in [2.45, 2.75) is 20.4 Å². The van der Waals surface area contributed by atoms with Crippen molar-refractivity contribution in [1.82, 2.24) is 14.9 Å². The smallest absolute Gasteiger partial charge is 0.271 e. The van der Waals surface area contributed by atoms with E-state index >= 15 is 0 Å². The third-order valence-electron chi connectivity index (χ3n) is 7.11. The Bertz CT molecular complexity index is 1470. The number of hydrazone groups is 1. The van der Waals surface area contributed by atoms with Crippen molar-refractivity contribution in [3.05, 3.63) is 117 Å². The van der Waals surface area contributed by atoms with Crippen molar-refractivity contribution in [2.75, 3.05) is 31.1 Å². The lowest BCUT2D eigenvalue weighted by atomic mass is 10.1. The molecule has 0 bridgehead atoms. The Balaban J connectivity index is 1.16. The fourth-order valence-electron chi connectivity index (χ4n) is 4.99. The van der Waals surface area contributed by atoms with Gasteiger partial charge in [0.25, 0.3) is 5.91 Å². The number of hydrogen-bond acceptors (Lipinski definition) is 4. The quantitative estimate of drug-likeness (QED) is 0.208. The van der Waals surface area contributed by atoms with Gasteiger partial charge in [-0.3, -0.25) is 9.69 Å². The van der Waals surface area contributed by atoms with Crippen LogP contribution >= 0.6 is 23.2 Å². The van der Waals surface area contributed by atoms with E-state index < -0.39 is 0 Å². The average Bonchev–Trinajstić information content (AvgIpc) is 3.23. The van der Waals surface area contributed by atoms with Crippen LogP contribution in [0.15, 0.2) is 84.0 Å². The molecule has 8 heteroatoms. The number of benzene rings is 3. The van der Waals surface area contributed by atoms with E-state index in [0.29, 0.717) is 15.6 Å². The van der Waals surface area contributed by atoms with Crippen LogP contribution in [0.2, 0.25) is 10.0 Å². The van der Waals surface area contributed by atoms with Crippen molar-refractivity contribution in [3.8, 4) is 5.69 Å². The number of carbonyl (C=O) groups is 1. The summed E-state index contributed by atoms with van der Waals surface area (Å²) in [5.41, 5.74) is 9.31. The highest BCUT2D eigenvalue weighted by atomic mass is 35.5. The van der Waals surface area contributed by atoms with Crippen molar-refractivity contribution < 1.29 is 4.79 Å². The van der Waals surface area contributed by atoms with Crippen LogP contribution < -0.4 is 10.3 Å². The predicted molar refractivity (Wildman–Crippen MR) is 161 cm³/mol. The Morgan fingerprint density at radius 2 is 1.64 bits per heavy atom. The second kappa shape index (κ2) is 12.1. The number of halogens is 2. The zero-order valence-electron chi connectivity index (χ0n) is 22.1. The van der Waals surface area contributed by atoms with Crippen molar-refractivity contribution in [3.63, 3.8) is 0 Å².